The molecule has 10 heteroatoms. The molecule has 3 aromatic rings. The van der Waals surface area contributed by atoms with Crippen molar-refractivity contribution in [2.24, 2.45) is 5.92 Å². The summed E-state index contributed by atoms with van der Waals surface area (Å²) in [5, 5.41) is 3.89. The van der Waals surface area contributed by atoms with Crippen LogP contribution in [0.2, 0.25) is 0 Å². The molecule has 0 saturated carbocycles. The summed E-state index contributed by atoms with van der Waals surface area (Å²) >= 11 is 0. The van der Waals surface area contributed by atoms with Crippen LogP contribution in [-0.2, 0) is 26.2 Å². The molecule has 4 rings (SSSR count). The van der Waals surface area contributed by atoms with Gasteiger partial charge >= 0.3 is 5.97 Å². The molecule has 0 bridgehead atoms. The molecule has 2 aromatic carbocycles. The predicted octanol–water partition coefficient (Wildman–Crippen LogP) is 2.89. The fraction of sp³-hybridized carbons (Fsp3) is 0.318. The quantitative estimate of drug-likeness (QED) is 0.498. The Hall–Kier alpha value is -3.24. The van der Waals surface area contributed by atoms with Crippen LogP contribution in [0.15, 0.2) is 64.0 Å². The zero-order chi connectivity index (χ0) is 22.6. The van der Waals surface area contributed by atoms with E-state index in [0.29, 0.717) is 24.4 Å². The molecule has 1 aliphatic heterocycles. The lowest BCUT2D eigenvalue weighted by Gasteiger charge is -2.30. The Balaban J connectivity index is 1.29. The van der Waals surface area contributed by atoms with Gasteiger partial charge in [-0.15, -0.1) is 0 Å². The number of methoxy groups -OCH3 is 1. The number of rotatable bonds is 7. The van der Waals surface area contributed by atoms with Crippen LogP contribution in [0.1, 0.15) is 18.7 Å². The summed E-state index contributed by atoms with van der Waals surface area (Å²) in [4.78, 5) is 16.9. The van der Waals surface area contributed by atoms with Crippen LogP contribution in [0.5, 0.6) is 5.75 Å². The number of aromatic nitrogens is 2. The number of ether oxygens (including phenoxy) is 2. The molecule has 0 amide bonds. The van der Waals surface area contributed by atoms with Crippen LogP contribution in [0.4, 0.5) is 0 Å². The van der Waals surface area contributed by atoms with E-state index in [1.807, 2.05) is 30.3 Å². The molecule has 0 unspecified atom stereocenters. The van der Waals surface area contributed by atoms with Gasteiger partial charge in [-0.1, -0.05) is 35.5 Å². The molecule has 0 N–H and O–H groups in total. The SMILES string of the molecule is COc1ccc(S(=O)(=O)N2CCC(C(=O)OCc3nc(-c4ccccc4)no3)CC2)cc1. The van der Waals surface area contributed by atoms with Crippen LogP contribution >= 0.6 is 0 Å². The second kappa shape index (κ2) is 9.49. The van der Waals surface area contributed by atoms with E-state index in [2.05, 4.69) is 10.1 Å². The Bertz CT molecular complexity index is 1150. The van der Waals surface area contributed by atoms with Gasteiger partial charge in [0.2, 0.25) is 15.8 Å². The lowest BCUT2D eigenvalue weighted by molar-refractivity contribution is -0.152. The van der Waals surface area contributed by atoms with Crippen molar-refractivity contribution in [2.75, 3.05) is 20.2 Å². The minimum atomic E-state index is -3.62. The fourth-order valence-corrected chi connectivity index (χ4v) is 4.97. The predicted molar refractivity (Wildman–Crippen MR) is 114 cm³/mol. The zero-order valence-corrected chi connectivity index (χ0v) is 18.3. The standard InChI is InChI=1S/C22H23N3O6S/c1-29-18-7-9-19(10-8-18)32(27,28)25-13-11-17(12-14-25)22(26)30-15-20-23-21(24-31-20)16-5-3-2-4-6-16/h2-10,17H,11-15H2,1H3. The number of hydrogen-bond donors (Lipinski definition) is 0. The first-order chi connectivity index (χ1) is 15.5. The van der Waals surface area contributed by atoms with Crippen molar-refractivity contribution in [3.05, 3.63) is 60.5 Å². The van der Waals surface area contributed by atoms with E-state index in [4.69, 9.17) is 14.0 Å². The van der Waals surface area contributed by atoms with E-state index < -0.39 is 16.0 Å². The summed E-state index contributed by atoms with van der Waals surface area (Å²) in [6.07, 6.45) is 0.765. The van der Waals surface area contributed by atoms with E-state index in [1.165, 1.54) is 23.5 Å². The smallest absolute Gasteiger partial charge is 0.309 e. The average Bonchev–Trinajstić information content (AvgIpc) is 3.32. The van der Waals surface area contributed by atoms with Gasteiger partial charge in [-0.05, 0) is 37.1 Å². The van der Waals surface area contributed by atoms with Gasteiger partial charge in [-0.3, -0.25) is 4.79 Å². The third-order valence-corrected chi connectivity index (χ3v) is 7.24. The lowest BCUT2D eigenvalue weighted by atomic mass is 9.98. The first kappa shape index (κ1) is 22.0. The maximum Gasteiger partial charge on any atom is 0.309 e. The molecule has 0 aliphatic carbocycles. The topological polar surface area (TPSA) is 112 Å². The Morgan fingerprint density at radius 3 is 2.44 bits per heavy atom. The van der Waals surface area contributed by atoms with Gasteiger partial charge < -0.3 is 14.0 Å². The fourth-order valence-electron chi connectivity index (χ4n) is 3.50. The van der Waals surface area contributed by atoms with Crippen molar-refractivity contribution in [2.45, 2.75) is 24.3 Å². The van der Waals surface area contributed by atoms with Gasteiger partial charge in [-0.2, -0.15) is 9.29 Å². The molecule has 0 radical (unpaired) electrons. The second-order valence-electron chi connectivity index (χ2n) is 7.34. The van der Waals surface area contributed by atoms with Crippen LogP contribution in [0.25, 0.3) is 11.4 Å². The van der Waals surface area contributed by atoms with Gasteiger partial charge in [0.1, 0.15) is 5.75 Å². The Kier molecular flexibility index (Phi) is 6.52. The normalized spacial score (nSPS) is 15.4. The Morgan fingerprint density at radius 2 is 1.78 bits per heavy atom. The molecular weight excluding hydrogens is 434 g/mol. The molecule has 1 fully saturated rings. The third-order valence-electron chi connectivity index (χ3n) is 5.32. The first-order valence-corrected chi connectivity index (χ1v) is 11.6. The summed E-state index contributed by atoms with van der Waals surface area (Å²) in [5.74, 6) is 0.438. The van der Waals surface area contributed by atoms with Gasteiger partial charge in [0.25, 0.3) is 5.89 Å². The highest BCUT2D eigenvalue weighted by molar-refractivity contribution is 7.89. The van der Waals surface area contributed by atoms with Crippen molar-refractivity contribution in [1.82, 2.24) is 14.4 Å². The monoisotopic (exact) mass is 457 g/mol. The number of benzene rings is 2. The molecule has 9 nitrogen and oxygen atoms in total. The van der Waals surface area contributed by atoms with Gasteiger partial charge in [0.05, 0.1) is 17.9 Å². The van der Waals surface area contributed by atoms with Crippen molar-refractivity contribution in [1.29, 1.82) is 0 Å². The van der Waals surface area contributed by atoms with Crippen LogP contribution in [-0.4, -0.2) is 49.0 Å². The van der Waals surface area contributed by atoms with E-state index in [1.54, 1.807) is 12.1 Å². The highest BCUT2D eigenvalue weighted by Crippen LogP contribution is 2.26. The zero-order valence-electron chi connectivity index (χ0n) is 17.5. The minimum absolute atomic E-state index is 0.122. The van der Waals surface area contributed by atoms with Gasteiger partial charge in [-0.25, -0.2) is 8.42 Å². The second-order valence-corrected chi connectivity index (χ2v) is 9.28. The number of carbonyl (C=O) groups is 1. The molecule has 1 aliphatic rings. The molecule has 32 heavy (non-hydrogen) atoms. The largest absolute Gasteiger partial charge is 0.497 e. The molecular formula is C22H23N3O6S. The summed E-state index contributed by atoms with van der Waals surface area (Å²) in [7, 11) is -2.10. The molecule has 2 heterocycles. The number of hydrogen-bond acceptors (Lipinski definition) is 8. The summed E-state index contributed by atoms with van der Waals surface area (Å²) in [6.45, 7) is 0.364. The van der Waals surface area contributed by atoms with Crippen LogP contribution in [0.3, 0.4) is 0 Å². The van der Waals surface area contributed by atoms with Crippen molar-refractivity contribution in [3.8, 4) is 17.1 Å². The molecule has 1 saturated heterocycles. The first-order valence-electron chi connectivity index (χ1n) is 10.2. The van der Waals surface area contributed by atoms with Gasteiger partial charge in [0.15, 0.2) is 6.61 Å². The molecule has 0 atom stereocenters. The highest BCUT2D eigenvalue weighted by Gasteiger charge is 2.33. The maximum atomic E-state index is 12.8. The number of sulfonamides is 1. The van der Waals surface area contributed by atoms with Crippen molar-refractivity contribution < 1.29 is 27.2 Å². The summed E-state index contributed by atoms with van der Waals surface area (Å²) < 4.78 is 42.6. The van der Waals surface area contributed by atoms with Crippen molar-refractivity contribution >= 4 is 16.0 Å². The molecule has 1 aromatic heterocycles. The van der Waals surface area contributed by atoms with Crippen LogP contribution < -0.4 is 4.74 Å². The summed E-state index contributed by atoms with van der Waals surface area (Å²) in [5.41, 5.74) is 0.805. The van der Waals surface area contributed by atoms with E-state index >= 15 is 0 Å². The van der Waals surface area contributed by atoms with Crippen molar-refractivity contribution in [3.63, 3.8) is 0 Å². The number of esters is 1. The Morgan fingerprint density at radius 1 is 1.09 bits per heavy atom. The Labute approximate surface area is 186 Å². The maximum absolute atomic E-state index is 12.8. The van der Waals surface area contributed by atoms with E-state index in [-0.39, 0.29) is 36.4 Å². The lowest BCUT2D eigenvalue weighted by Crippen LogP contribution is -2.40. The van der Waals surface area contributed by atoms with Crippen LogP contribution in [0, 0.1) is 5.92 Å². The third kappa shape index (κ3) is 4.81. The molecule has 168 valence electrons. The van der Waals surface area contributed by atoms with Gasteiger partial charge in [0, 0.05) is 18.7 Å². The van der Waals surface area contributed by atoms with E-state index in [0.717, 1.165) is 5.56 Å². The number of carbonyl (C=O) groups excluding carboxylic acids is 1. The minimum Gasteiger partial charge on any atom is -0.497 e. The average molecular weight is 458 g/mol. The summed E-state index contributed by atoms with van der Waals surface area (Å²) in [6, 6.07) is 15.6. The highest BCUT2D eigenvalue weighted by atomic mass is 32.2. The van der Waals surface area contributed by atoms with E-state index in [9.17, 15) is 13.2 Å². The number of nitrogens with zero attached hydrogens (tertiary/aromatic N) is 3. The number of piperidine rings is 1. The molecule has 0 spiro atoms.